The Balaban J connectivity index is -0.0000000450. The van der Waals surface area contributed by atoms with Crippen molar-refractivity contribution in [2.24, 2.45) is 5.73 Å². The third-order valence-electron chi connectivity index (χ3n) is 0. The molecule has 0 aromatic heterocycles. The zero-order valence-electron chi connectivity index (χ0n) is 4.06. The lowest BCUT2D eigenvalue weighted by atomic mass is 10.5. The third-order valence-corrected chi connectivity index (χ3v) is 0. The highest BCUT2D eigenvalue weighted by Gasteiger charge is 1.67. The fourth-order valence-electron chi connectivity index (χ4n) is 0. The van der Waals surface area contributed by atoms with Gasteiger partial charge in [0.2, 0.25) is 0 Å². The minimum absolute atomic E-state index is 0. The Kier molecular flexibility index (Phi) is 24.4. The van der Waals surface area contributed by atoms with Crippen LogP contribution in [-0.2, 0) is 0 Å². The van der Waals surface area contributed by atoms with Gasteiger partial charge in [-0.05, 0) is 6.04 Å². The molecule has 0 saturated carbocycles. The molecule has 0 aliphatic rings. The molecule has 0 unspecified atom stereocenters. The molecule has 3 heteroatoms. The SMILES string of the molecule is CC(C)N.Cl.O. The number of nitrogens with two attached hydrogens (primary N) is 1. The van der Waals surface area contributed by atoms with Gasteiger partial charge < -0.3 is 11.2 Å². The molecule has 0 bridgehead atoms. The Labute approximate surface area is 44.4 Å². The van der Waals surface area contributed by atoms with Crippen molar-refractivity contribution in [3.63, 3.8) is 0 Å². The fraction of sp³-hybridized carbons (Fsp3) is 1.00. The lowest BCUT2D eigenvalue weighted by molar-refractivity contribution is 0.824. The average molecular weight is 114 g/mol. The van der Waals surface area contributed by atoms with Crippen LogP contribution in [0.2, 0.25) is 0 Å². The monoisotopic (exact) mass is 113 g/mol. The molecule has 0 heterocycles. The van der Waals surface area contributed by atoms with E-state index >= 15 is 0 Å². The molecular weight excluding hydrogens is 101 g/mol. The first-order valence-corrected chi connectivity index (χ1v) is 1.49. The molecule has 0 aromatic carbocycles. The van der Waals surface area contributed by atoms with Gasteiger partial charge in [-0.2, -0.15) is 0 Å². The van der Waals surface area contributed by atoms with Crippen LogP contribution in [0.3, 0.4) is 0 Å². The second kappa shape index (κ2) is 8.96. The molecule has 0 atom stereocenters. The van der Waals surface area contributed by atoms with Crippen molar-refractivity contribution in [1.29, 1.82) is 0 Å². The van der Waals surface area contributed by atoms with E-state index in [1.165, 1.54) is 0 Å². The molecule has 0 radical (unpaired) electrons. The van der Waals surface area contributed by atoms with E-state index in [4.69, 9.17) is 5.73 Å². The number of hydrogen-bond donors (Lipinski definition) is 1. The molecule has 2 nitrogen and oxygen atoms in total. The largest absolute Gasteiger partial charge is 0.412 e. The van der Waals surface area contributed by atoms with E-state index in [1.54, 1.807) is 0 Å². The normalized spacial score (nSPS) is 6.00. The van der Waals surface area contributed by atoms with E-state index in [0.29, 0.717) is 6.04 Å². The summed E-state index contributed by atoms with van der Waals surface area (Å²) < 4.78 is 0. The lowest BCUT2D eigenvalue weighted by Crippen LogP contribution is -2.06. The summed E-state index contributed by atoms with van der Waals surface area (Å²) in [5.74, 6) is 0. The summed E-state index contributed by atoms with van der Waals surface area (Å²) in [4.78, 5) is 0. The van der Waals surface area contributed by atoms with Gasteiger partial charge in [0, 0.05) is 0 Å². The summed E-state index contributed by atoms with van der Waals surface area (Å²) in [5.41, 5.74) is 5.11. The van der Waals surface area contributed by atoms with Crippen molar-refractivity contribution >= 4 is 12.4 Å². The van der Waals surface area contributed by atoms with Gasteiger partial charge in [-0.15, -0.1) is 12.4 Å². The molecule has 4 N–H and O–H groups in total. The van der Waals surface area contributed by atoms with Gasteiger partial charge in [0.1, 0.15) is 0 Å². The molecule has 0 aliphatic carbocycles. The standard InChI is InChI=1S/C3H9N.ClH.H2O/c1-3(2)4;;/h3H,4H2,1-2H3;1H;1H2. The average Bonchev–Trinajstić information content (AvgIpc) is 0.811. The second-order valence-corrected chi connectivity index (χ2v) is 1.24. The van der Waals surface area contributed by atoms with E-state index in [-0.39, 0.29) is 17.9 Å². The van der Waals surface area contributed by atoms with E-state index in [2.05, 4.69) is 0 Å². The first-order valence-electron chi connectivity index (χ1n) is 1.49. The fourth-order valence-corrected chi connectivity index (χ4v) is 0. The van der Waals surface area contributed by atoms with Crippen molar-refractivity contribution in [3.8, 4) is 0 Å². The van der Waals surface area contributed by atoms with Crippen LogP contribution in [0.1, 0.15) is 13.8 Å². The van der Waals surface area contributed by atoms with Gasteiger partial charge >= 0.3 is 0 Å². The van der Waals surface area contributed by atoms with E-state index in [0.717, 1.165) is 0 Å². The van der Waals surface area contributed by atoms with Crippen LogP contribution in [0.25, 0.3) is 0 Å². The minimum Gasteiger partial charge on any atom is -0.412 e. The first-order chi connectivity index (χ1) is 1.73. The van der Waals surface area contributed by atoms with Crippen LogP contribution < -0.4 is 5.73 Å². The predicted octanol–water partition coefficient (Wildman–Crippen LogP) is -0.0494. The molecular formula is C3H12ClNO. The molecule has 0 spiro atoms. The summed E-state index contributed by atoms with van der Waals surface area (Å²) in [6, 6.07) is 0.333. The molecule has 0 aromatic rings. The van der Waals surface area contributed by atoms with Crippen molar-refractivity contribution in [2.45, 2.75) is 19.9 Å². The highest BCUT2D eigenvalue weighted by molar-refractivity contribution is 5.85. The van der Waals surface area contributed by atoms with Crippen LogP contribution in [0.5, 0.6) is 0 Å². The summed E-state index contributed by atoms with van der Waals surface area (Å²) >= 11 is 0. The second-order valence-electron chi connectivity index (χ2n) is 1.24. The van der Waals surface area contributed by atoms with Crippen molar-refractivity contribution < 1.29 is 5.48 Å². The van der Waals surface area contributed by atoms with E-state index in [9.17, 15) is 0 Å². The summed E-state index contributed by atoms with van der Waals surface area (Å²) in [6.07, 6.45) is 0. The van der Waals surface area contributed by atoms with Gasteiger partial charge in [0.05, 0.1) is 0 Å². The van der Waals surface area contributed by atoms with E-state index in [1.807, 2.05) is 13.8 Å². The Morgan fingerprint density at radius 1 is 1.33 bits per heavy atom. The smallest absolute Gasteiger partial charge is 0.00179 e. The zero-order valence-corrected chi connectivity index (χ0v) is 4.88. The Bertz CT molecular complexity index is 15.5. The maximum atomic E-state index is 5.11. The predicted molar refractivity (Wildman–Crippen MR) is 30.2 cm³/mol. The maximum absolute atomic E-state index is 5.11. The first kappa shape index (κ1) is 16.4. The van der Waals surface area contributed by atoms with Crippen molar-refractivity contribution in [2.75, 3.05) is 0 Å². The van der Waals surface area contributed by atoms with Gasteiger partial charge in [0.25, 0.3) is 0 Å². The third kappa shape index (κ3) is 984. The zero-order chi connectivity index (χ0) is 3.58. The number of hydrogen-bond acceptors (Lipinski definition) is 1. The molecule has 0 saturated heterocycles. The molecule has 0 fully saturated rings. The van der Waals surface area contributed by atoms with Gasteiger partial charge in [-0.1, -0.05) is 13.8 Å². The van der Waals surface area contributed by atoms with Crippen LogP contribution in [0.4, 0.5) is 0 Å². The molecule has 42 valence electrons. The molecule has 0 aliphatic heterocycles. The Hall–Kier alpha value is 0.210. The van der Waals surface area contributed by atoms with Crippen molar-refractivity contribution in [1.82, 2.24) is 0 Å². The summed E-state index contributed by atoms with van der Waals surface area (Å²) in [6.45, 7) is 3.89. The van der Waals surface area contributed by atoms with Crippen LogP contribution >= 0.6 is 12.4 Å². The maximum Gasteiger partial charge on any atom is -0.00179 e. The van der Waals surface area contributed by atoms with Crippen molar-refractivity contribution in [3.05, 3.63) is 0 Å². The molecule has 0 rings (SSSR count). The quantitative estimate of drug-likeness (QED) is 0.471. The minimum atomic E-state index is 0. The van der Waals surface area contributed by atoms with Gasteiger partial charge in [0.15, 0.2) is 0 Å². The molecule has 0 amide bonds. The summed E-state index contributed by atoms with van der Waals surface area (Å²) in [5, 5.41) is 0. The van der Waals surface area contributed by atoms with E-state index < -0.39 is 0 Å². The topological polar surface area (TPSA) is 57.5 Å². The molecule has 6 heavy (non-hydrogen) atoms. The van der Waals surface area contributed by atoms with Gasteiger partial charge in [-0.25, -0.2) is 0 Å². The van der Waals surface area contributed by atoms with Crippen LogP contribution in [0, 0.1) is 0 Å². The summed E-state index contributed by atoms with van der Waals surface area (Å²) in [7, 11) is 0. The van der Waals surface area contributed by atoms with Gasteiger partial charge in [-0.3, -0.25) is 0 Å². The Morgan fingerprint density at radius 3 is 1.33 bits per heavy atom. The number of halogens is 1. The Morgan fingerprint density at radius 2 is 1.33 bits per heavy atom. The lowest BCUT2D eigenvalue weighted by Gasteiger charge is -1.81. The van der Waals surface area contributed by atoms with Crippen LogP contribution in [-0.4, -0.2) is 11.5 Å². The highest BCUT2D eigenvalue weighted by Crippen LogP contribution is 1.58. The number of rotatable bonds is 0. The highest BCUT2D eigenvalue weighted by atomic mass is 35.5. The van der Waals surface area contributed by atoms with Crippen LogP contribution in [0.15, 0.2) is 0 Å².